The number of benzene rings is 2. The van der Waals surface area contributed by atoms with Gasteiger partial charge < -0.3 is 14.4 Å². The number of fused-ring (bicyclic) bond motifs is 1. The number of hydrogen-bond donors (Lipinski definition) is 1. The fourth-order valence-electron chi connectivity index (χ4n) is 3.98. The third kappa shape index (κ3) is 5.26. The summed E-state index contributed by atoms with van der Waals surface area (Å²) in [6, 6.07) is 12.0. The van der Waals surface area contributed by atoms with Gasteiger partial charge in [0.25, 0.3) is 5.92 Å². The van der Waals surface area contributed by atoms with Gasteiger partial charge >= 0.3 is 0 Å². The van der Waals surface area contributed by atoms with Crippen LogP contribution < -0.4 is 5.32 Å². The van der Waals surface area contributed by atoms with E-state index < -0.39 is 5.92 Å². The first kappa shape index (κ1) is 25.0. The smallest absolute Gasteiger partial charge is 0.270 e. The van der Waals surface area contributed by atoms with Gasteiger partial charge in [0.15, 0.2) is 11.4 Å². The highest BCUT2D eigenvalue weighted by atomic mass is 19.3. The Bertz CT molecular complexity index is 1520. The molecular weight excluding hydrogens is 456 g/mol. The van der Waals surface area contributed by atoms with Gasteiger partial charge in [-0.1, -0.05) is 54.4 Å². The number of aromatic nitrogens is 2. The Kier molecular flexibility index (Phi) is 7.12. The zero-order chi connectivity index (χ0) is 25.9. The number of nitrogens with zero attached hydrogens (tertiary/aromatic N) is 2. The predicted molar refractivity (Wildman–Crippen MR) is 143 cm³/mol. The zero-order valence-electron chi connectivity index (χ0n) is 21.1. The summed E-state index contributed by atoms with van der Waals surface area (Å²) < 4.78 is 35.2. The lowest BCUT2D eigenvalue weighted by molar-refractivity contribution is 0.0175. The molecule has 36 heavy (non-hydrogen) atoms. The van der Waals surface area contributed by atoms with Crippen LogP contribution in [-0.4, -0.2) is 9.72 Å². The fraction of sp³-hybridized carbons (Fsp3) is 0.233. The molecule has 0 amide bonds. The topological polar surface area (TPSA) is 43.0 Å². The summed E-state index contributed by atoms with van der Waals surface area (Å²) in [7, 11) is 2.00. The molecule has 0 saturated carbocycles. The van der Waals surface area contributed by atoms with E-state index in [4.69, 9.17) is 4.52 Å². The normalized spacial score (nSPS) is 12.0. The standard InChI is InChI=1S/C30H29F2N3O/c1-6-7-8-9-13-27-21(3)18-24(35(27)5)15-17-25-20(2)14-16-26-28(25)36-34-29(26)33-23-12-10-11-22(19-23)30(4,31)32/h7-14,16,18-19H,6H2,1-5H3,(H,33,34)/b8-7+,13-9-. The molecule has 0 radical (unpaired) electrons. The van der Waals surface area contributed by atoms with Crippen molar-refractivity contribution in [3.05, 3.63) is 94.3 Å². The maximum absolute atomic E-state index is 13.8. The Morgan fingerprint density at radius 3 is 2.64 bits per heavy atom. The summed E-state index contributed by atoms with van der Waals surface area (Å²) >= 11 is 0. The van der Waals surface area contributed by atoms with Crippen molar-refractivity contribution in [1.82, 2.24) is 9.72 Å². The first-order chi connectivity index (χ1) is 17.2. The number of aryl methyl sites for hydroxylation is 2. The van der Waals surface area contributed by atoms with Crippen molar-refractivity contribution in [2.75, 3.05) is 5.32 Å². The van der Waals surface area contributed by atoms with E-state index in [1.807, 2.05) is 38.3 Å². The van der Waals surface area contributed by atoms with E-state index in [9.17, 15) is 8.78 Å². The Balaban J connectivity index is 1.67. The maximum atomic E-state index is 13.8. The molecule has 0 fully saturated rings. The van der Waals surface area contributed by atoms with Crippen LogP contribution >= 0.6 is 0 Å². The zero-order valence-corrected chi connectivity index (χ0v) is 21.1. The molecule has 2 heterocycles. The summed E-state index contributed by atoms with van der Waals surface area (Å²) in [5.41, 5.74) is 5.81. The van der Waals surface area contributed by atoms with E-state index in [-0.39, 0.29) is 5.56 Å². The van der Waals surface area contributed by atoms with Crippen LogP contribution in [0.3, 0.4) is 0 Å². The lowest BCUT2D eigenvalue weighted by Gasteiger charge is -2.12. The Morgan fingerprint density at radius 1 is 1.08 bits per heavy atom. The highest BCUT2D eigenvalue weighted by Crippen LogP contribution is 2.32. The molecule has 0 aliphatic heterocycles. The predicted octanol–water partition coefficient (Wildman–Crippen LogP) is 8.02. The van der Waals surface area contributed by atoms with E-state index in [0.29, 0.717) is 17.1 Å². The summed E-state index contributed by atoms with van der Waals surface area (Å²) in [6.07, 6.45) is 9.26. The number of allylic oxidation sites excluding steroid dienone is 3. The van der Waals surface area contributed by atoms with Crippen molar-refractivity contribution in [2.24, 2.45) is 7.05 Å². The van der Waals surface area contributed by atoms with Crippen molar-refractivity contribution < 1.29 is 13.3 Å². The molecule has 1 N–H and O–H groups in total. The van der Waals surface area contributed by atoms with Gasteiger partial charge in [-0.15, -0.1) is 0 Å². The molecule has 4 nitrogen and oxygen atoms in total. The minimum absolute atomic E-state index is 0.0730. The molecule has 6 heteroatoms. The molecule has 184 valence electrons. The Morgan fingerprint density at radius 2 is 1.89 bits per heavy atom. The molecule has 4 aromatic rings. The van der Waals surface area contributed by atoms with Crippen LogP contribution in [0.25, 0.3) is 17.0 Å². The van der Waals surface area contributed by atoms with Crippen molar-refractivity contribution in [2.45, 2.75) is 40.0 Å². The monoisotopic (exact) mass is 485 g/mol. The highest BCUT2D eigenvalue weighted by molar-refractivity contribution is 5.94. The number of rotatable bonds is 6. The van der Waals surface area contributed by atoms with Crippen LogP contribution in [0, 0.1) is 25.7 Å². The van der Waals surface area contributed by atoms with Crippen LogP contribution in [0.1, 0.15) is 53.9 Å². The minimum atomic E-state index is -2.93. The molecule has 0 saturated heterocycles. The van der Waals surface area contributed by atoms with Gasteiger partial charge in [0.05, 0.1) is 16.6 Å². The van der Waals surface area contributed by atoms with Gasteiger partial charge in [0, 0.05) is 30.9 Å². The third-order valence-electron chi connectivity index (χ3n) is 6.01. The Hall–Kier alpha value is -4.11. The second-order valence-electron chi connectivity index (χ2n) is 8.86. The lowest BCUT2D eigenvalue weighted by Crippen LogP contribution is -2.07. The van der Waals surface area contributed by atoms with Gasteiger partial charge in [-0.2, -0.15) is 0 Å². The minimum Gasteiger partial charge on any atom is -0.353 e. The van der Waals surface area contributed by atoms with Crippen LogP contribution in [0.15, 0.2) is 65.2 Å². The first-order valence-electron chi connectivity index (χ1n) is 11.8. The van der Waals surface area contributed by atoms with E-state index in [0.717, 1.165) is 46.8 Å². The Labute approximate surface area is 210 Å². The second kappa shape index (κ2) is 10.2. The summed E-state index contributed by atoms with van der Waals surface area (Å²) in [6.45, 7) is 7.02. The van der Waals surface area contributed by atoms with E-state index in [1.165, 1.54) is 12.1 Å². The largest absolute Gasteiger partial charge is 0.353 e. The highest BCUT2D eigenvalue weighted by Gasteiger charge is 2.24. The molecular formula is C30H29F2N3O. The van der Waals surface area contributed by atoms with Crippen LogP contribution in [0.5, 0.6) is 0 Å². The van der Waals surface area contributed by atoms with Gasteiger partial charge in [-0.25, -0.2) is 8.78 Å². The molecule has 0 bridgehead atoms. The lowest BCUT2D eigenvalue weighted by atomic mass is 10.1. The summed E-state index contributed by atoms with van der Waals surface area (Å²) in [5, 5.41) is 8.00. The quantitative estimate of drug-likeness (QED) is 0.222. The third-order valence-corrected chi connectivity index (χ3v) is 6.01. The molecule has 0 aliphatic carbocycles. The molecule has 0 unspecified atom stereocenters. The van der Waals surface area contributed by atoms with Crippen LogP contribution in [0.4, 0.5) is 20.3 Å². The first-order valence-corrected chi connectivity index (χ1v) is 11.8. The SMILES string of the molecule is CC/C=C/C=C\c1c(C)cc(C#Cc2c(C)ccc3c(Nc4cccc(C(C)(F)F)c4)noc23)n1C. The molecule has 0 atom stereocenters. The van der Waals surface area contributed by atoms with Crippen molar-refractivity contribution in [3.63, 3.8) is 0 Å². The number of alkyl halides is 2. The molecule has 0 spiro atoms. The van der Waals surface area contributed by atoms with Crippen LogP contribution in [-0.2, 0) is 13.0 Å². The second-order valence-corrected chi connectivity index (χ2v) is 8.86. The number of halogens is 2. The summed E-state index contributed by atoms with van der Waals surface area (Å²) in [4.78, 5) is 0. The molecule has 2 aromatic carbocycles. The van der Waals surface area contributed by atoms with E-state index in [2.05, 4.69) is 58.9 Å². The van der Waals surface area contributed by atoms with Gasteiger partial charge in [-0.05, 0) is 67.7 Å². The van der Waals surface area contributed by atoms with Crippen molar-refractivity contribution in [1.29, 1.82) is 0 Å². The number of hydrogen-bond acceptors (Lipinski definition) is 3. The van der Waals surface area contributed by atoms with Gasteiger partial charge in [0.2, 0.25) is 0 Å². The maximum Gasteiger partial charge on any atom is 0.270 e. The number of anilines is 2. The molecule has 0 aliphatic rings. The van der Waals surface area contributed by atoms with E-state index in [1.54, 1.807) is 12.1 Å². The summed E-state index contributed by atoms with van der Waals surface area (Å²) in [5.74, 6) is 4.07. The molecule has 2 aromatic heterocycles. The van der Waals surface area contributed by atoms with Gasteiger partial charge in [0.1, 0.15) is 0 Å². The fourth-order valence-corrected chi connectivity index (χ4v) is 3.98. The average Bonchev–Trinajstić information content (AvgIpc) is 3.36. The van der Waals surface area contributed by atoms with Crippen LogP contribution in [0.2, 0.25) is 0 Å². The average molecular weight is 486 g/mol. The van der Waals surface area contributed by atoms with Gasteiger partial charge in [-0.3, -0.25) is 0 Å². The van der Waals surface area contributed by atoms with E-state index >= 15 is 0 Å². The van der Waals surface area contributed by atoms with Crippen molar-refractivity contribution in [3.8, 4) is 11.8 Å². The number of nitrogens with one attached hydrogen (secondary N) is 1. The molecule has 4 rings (SSSR count). The van der Waals surface area contributed by atoms with Crippen molar-refractivity contribution >= 4 is 28.6 Å².